The molecule has 2 heteroatoms. The standard InChI is InChI=1S/C19H24N2/c1-18(2)9-10-19(3,4)16-11-13(5-7-15(16)18)17-8-6-14(20)12-21-17/h5-8,11-12H,9-10,20H2,1-4H3. The SMILES string of the molecule is CC1(C)CCC(C)(C)c2cc(-c3ccc(N)cn3)ccc21. The minimum atomic E-state index is 0.231. The third-order valence-corrected chi connectivity index (χ3v) is 4.93. The fourth-order valence-electron chi connectivity index (χ4n) is 3.32. The van der Waals surface area contributed by atoms with Gasteiger partial charge in [0.05, 0.1) is 17.6 Å². The van der Waals surface area contributed by atoms with Crippen molar-refractivity contribution in [2.24, 2.45) is 0 Å². The number of benzene rings is 1. The molecule has 1 aromatic carbocycles. The van der Waals surface area contributed by atoms with Gasteiger partial charge >= 0.3 is 0 Å². The molecule has 2 nitrogen and oxygen atoms in total. The van der Waals surface area contributed by atoms with Crippen LogP contribution in [0.3, 0.4) is 0 Å². The zero-order valence-corrected chi connectivity index (χ0v) is 13.4. The number of pyridine rings is 1. The maximum Gasteiger partial charge on any atom is 0.0703 e. The average molecular weight is 280 g/mol. The number of fused-ring (bicyclic) bond motifs is 1. The molecule has 0 radical (unpaired) electrons. The number of hydrogen-bond acceptors (Lipinski definition) is 2. The number of nitrogens with two attached hydrogens (primary N) is 1. The van der Waals surface area contributed by atoms with E-state index < -0.39 is 0 Å². The Bertz CT molecular complexity index is 666. The van der Waals surface area contributed by atoms with Crippen molar-refractivity contribution >= 4 is 5.69 Å². The first kappa shape index (κ1) is 14.1. The molecule has 3 rings (SSSR count). The lowest BCUT2D eigenvalue weighted by atomic mass is 9.63. The van der Waals surface area contributed by atoms with Crippen molar-refractivity contribution in [1.82, 2.24) is 4.98 Å². The highest BCUT2D eigenvalue weighted by molar-refractivity contribution is 5.64. The summed E-state index contributed by atoms with van der Waals surface area (Å²) >= 11 is 0. The minimum Gasteiger partial charge on any atom is -0.397 e. The van der Waals surface area contributed by atoms with Gasteiger partial charge in [-0.25, -0.2) is 0 Å². The quantitative estimate of drug-likeness (QED) is 0.823. The molecule has 0 atom stereocenters. The second-order valence-corrected chi connectivity index (χ2v) is 7.50. The molecule has 0 fully saturated rings. The summed E-state index contributed by atoms with van der Waals surface area (Å²) in [5, 5.41) is 0. The molecule has 110 valence electrons. The molecule has 1 aromatic heterocycles. The third-order valence-electron chi connectivity index (χ3n) is 4.93. The average Bonchev–Trinajstić information content (AvgIpc) is 2.45. The monoisotopic (exact) mass is 280 g/mol. The van der Waals surface area contributed by atoms with E-state index in [0.717, 1.165) is 5.69 Å². The van der Waals surface area contributed by atoms with Crippen molar-refractivity contribution in [2.75, 3.05) is 5.73 Å². The van der Waals surface area contributed by atoms with E-state index in [9.17, 15) is 0 Å². The van der Waals surface area contributed by atoms with Crippen molar-refractivity contribution in [3.8, 4) is 11.3 Å². The molecule has 0 saturated carbocycles. The van der Waals surface area contributed by atoms with Crippen molar-refractivity contribution < 1.29 is 0 Å². The molecule has 1 heterocycles. The van der Waals surface area contributed by atoms with Crippen LogP contribution in [0.5, 0.6) is 0 Å². The van der Waals surface area contributed by atoms with Crippen molar-refractivity contribution in [3.05, 3.63) is 47.7 Å². The normalized spacial score (nSPS) is 19.0. The van der Waals surface area contributed by atoms with Gasteiger partial charge in [-0.05, 0) is 53.0 Å². The molecule has 0 spiro atoms. The second-order valence-electron chi connectivity index (χ2n) is 7.50. The highest BCUT2D eigenvalue weighted by Gasteiger charge is 2.36. The molecular weight excluding hydrogens is 256 g/mol. The summed E-state index contributed by atoms with van der Waals surface area (Å²) in [5.74, 6) is 0. The first-order chi connectivity index (χ1) is 9.79. The number of aromatic nitrogens is 1. The van der Waals surface area contributed by atoms with E-state index >= 15 is 0 Å². The zero-order valence-electron chi connectivity index (χ0n) is 13.4. The third kappa shape index (κ3) is 2.44. The van der Waals surface area contributed by atoms with Crippen LogP contribution in [-0.2, 0) is 10.8 Å². The molecular formula is C19H24N2. The Balaban J connectivity index is 2.14. The summed E-state index contributed by atoms with van der Waals surface area (Å²) in [4.78, 5) is 4.46. The predicted octanol–water partition coefficient (Wildman–Crippen LogP) is 4.68. The molecule has 0 amide bonds. The van der Waals surface area contributed by atoms with Crippen LogP contribution < -0.4 is 5.73 Å². The lowest BCUT2D eigenvalue weighted by Gasteiger charge is -2.42. The first-order valence-electron chi connectivity index (χ1n) is 7.66. The highest BCUT2D eigenvalue weighted by atomic mass is 14.7. The molecule has 1 aliphatic rings. The van der Waals surface area contributed by atoms with E-state index in [1.807, 2.05) is 12.1 Å². The Morgan fingerprint density at radius 1 is 0.905 bits per heavy atom. The topological polar surface area (TPSA) is 38.9 Å². The van der Waals surface area contributed by atoms with Gasteiger partial charge in [0.1, 0.15) is 0 Å². The van der Waals surface area contributed by atoms with Gasteiger partial charge in [0.2, 0.25) is 0 Å². The van der Waals surface area contributed by atoms with Gasteiger partial charge in [-0.15, -0.1) is 0 Å². The Morgan fingerprint density at radius 2 is 1.57 bits per heavy atom. The highest BCUT2D eigenvalue weighted by Crippen LogP contribution is 2.46. The molecule has 21 heavy (non-hydrogen) atoms. The first-order valence-corrected chi connectivity index (χ1v) is 7.66. The number of nitrogens with zero attached hydrogens (tertiary/aromatic N) is 1. The van der Waals surface area contributed by atoms with Crippen molar-refractivity contribution in [1.29, 1.82) is 0 Å². The van der Waals surface area contributed by atoms with Gasteiger partial charge in [0.25, 0.3) is 0 Å². The van der Waals surface area contributed by atoms with E-state index in [1.54, 1.807) is 6.20 Å². The van der Waals surface area contributed by atoms with Crippen LogP contribution in [0.1, 0.15) is 51.7 Å². The lowest BCUT2D eigenvalue weighted by molar-refractivity contribution is 0.332. The van der Waals surface area contributed by atoms with Crippen LogP contribution in [0.4, 0.5) is 5.69 Å². The lowest BCUT2D eigenvalue weighted by Crippen LogP contribution is -2.33. The van der Waals surface area contributed by atoms with E-state index in [-0.39, 0.29) is 10.8 Å². The summed E-state index contributed by atoms with van der Waals surface area (Å²) in [6.07, 6.45) is 4.20. The number of hydrogen-bond donors (Lipinski definition) is 1. The summed E-state index contributed by atoms with van der Waals surface area (Å²) in [5.41, 5.74) is 12.1. The Hall–Kier alpha value is -1.83. The molecule has 2 N–H and O–H groups in total. The number of nitrogen functional groups attached to an aromatic ring is 1. The van der Waals surface area contributed by atoms with Gasteiger partial charge in [0, 0.05) is 5.56 Å². The van der Waals surface area contributed by atoms with Crippen LogP contribution in [-0.4, -0.2) is 4.98 Å². The maximum atomic E-state index is 5.73. The Morgan fingerprint density at radius 3 is 2.19 bits per heavy atom. The van der Waals surface area contributed by atoms with Gasteiger partial charge in [-0.2, -0.15) is 0 Å². The van der Waals surface area contributed by atoms with Gasteiger partial charge in [0.15, 0.2) is 0 Å². The summed E-state index contributed by atoms with van der Waals surface area (Å²) < 4.78 is 0. The van der Waals surface area contributed by atoms with Gasteiger partial charge in [-0.1, -0.05) is 39.8 Å². The number of anilines is 1. The molecule has 1 aliphatic carbocycles. The number of rotatable bonds is 1. The second kappa shape index (κ2) is 4.59. The van der Waals surface area contributed by atoms with Crippen LogP contribution in [0.2, 0.25) is 0 Å². The summed E-state index contributed by atoms with van der Waals surface area (Å²) in [6.45, 7) is 9.40. The van der Waals surface area contributed by atoms with Crippen LogP contribution >= 0.6 is 0 Å². The van der Waals surface area contributed by atoms with Gasteiger partial charge < -0.3 is 5.73 Å². The molecule has 2 aromatic rings. The molecule has 0 aliphatic heterocycles. The Kier molecular flexibility index (Phi) is 3.09. The van der Waals surface area contributed by atoms with Gasteiger partial charge in [-0.3, -0.25) is 4.98 Å². The fourth-order valence-corrected chi connectivity index (χ4v) is 3.32. The molecule has 0 unspecified atom stereocenters. The largest absolute Gasteiger partial charge is 0.397 e. The van der Waals surface area contributed by atoms with Crippen LogP contribution in [0.25, 0.3) is 11.3 Å². The van der Waals surface area contributed by atoms with Crippen molar-refractivity contribution in [2.45, 2.75) is 51.4 Å². The van der Waals surface area contributed by atoms with E-state index in [2.05, 4.69) is 50.9 Å². The molecule has 0 saturated heterocycles. The predicted molar refractivity (Wildman–Crippen MR) is 89.4 cm³/mol. The van der Waals surface area contributed by atoms with E-state index in [4.69, 9.17) is 5.73 Å². The van der Waals surface area contributed by atoms with Crippen LogP contribution in [0, 0.1) is 0 Å². The molecule has 0 bridgehead atoms. The van der Waals surface area contributed by atoms with Crippen molar-refractivity contribution in [3.63, 3.8) is 0 Å². The summed E-state index contributed by atoms with van der Waals surface area (Å²) in [7, 11) is 0. The smallest absolute Gasteiger partial charge is 0.0703 e. The van der Waals surface area contributed by atoms with E-state index in [1.165, 1.54) is 29.5 Å². The van der Waals surface area contributed by atoms with Crippen LogP contribution in [0.15, 0.2) is 36.5 Å². The zero-order chi connectivity index (χ0) is 15.3. The van der Waals surface area contributed by atoms with E-state index in [0.29, 0.717) is 5.69 Å². The minimum absolute atomic E-state index is 0.231. The fraction of sp³-hybridized carbons (Fsp3) is 0.421. The Labute approximate surface area is 127 Å². The maximum absolute atomic E-state index is 5.73. The summed E-state index contributed by atoms with van der Waals surface area (Å²) in [6, 6.07) is 10.7.